The molecule has 0 aliphatic carbocycles. The van der Waals surface area contributed by atoms with Gasteiger partial charge in [0.2, 0.25) is 0 Å². The average Bonchev–Trinajstić information content (AvgIpc) is 3.08. The lowest BCUT2D eigenvalue weighted by Crippen LogP contribution is -2.29. The van der Waals surface area contributed by atoms with Crippen molar-refractivity contribution in [3.05, 3.63) is 45.7 Å². The van der Waals surface area contributed by atoms with Crippen LogP contribution in [0.5, 0.6) is 0 Å². The van der Waals surface area contributed by atoms with E-state index in [4.69, 9.17) is 23.2 Å². The lowest BCUT2D eigenvalue weighted by Gasteiger charge is -2.22. The molecular weight excluding hydrogens is 349 g/mol. The second-order valence-electron chi connectivity index (χ2n) is 5.81. The third kappa shape index (κ3) is 4.26. The Morgan fingerprint density at radius 3 is 2.88 bits per heavy atom. The summed E-state index contributed by atoms with van der Waals surface area (Å²) in [5.41, 5.74) is 1.29. The molecule has 2 N–H and O–H groups in total. The third-order valence-electron chi connectivity index (χ3n) is 4.12. The molecule has 6 nitrogen and oxygen atoms in total. The number of halogens is 2. The Kier molecular flexibility index (Phi) is 5.71. The van der Waals surface area contributed by atoms with E-state index in [0.717, 1.165) is 31.5 Å². The first-order valence-corrected chi connectivity index (χ1v) is 8.74. The van der Waals surface area contributed by atoms with Crippen molar-refractivity contribution >= 4 is 29.1 Å². The number of carbonyl (C=O) groups is 1. The first-order valence-electron chi connectivity index (χ1n) is 7.98. The smallest absolute Gasteiger partial charge is 0.273 e. The van der Waals surface area contributed by atoms with E-state index in [2.05, 4.69) is 20.9 Å². The molecule has 1 aromatic carbocycles. The van der Waals surface area contributed by atoms with Crippen molar-refractivity contribution in [2.75, 3.05) is 19.6 Å². The van der Waals surface area contributed by atoms with Gasteiger partial charge in [-0.05, 0) is 50.0 Å². The van der Waals surface area contributed by atoms with Crippen LogP contribution in [0.1, 0.15) is 34.9 Å². The van der Waals surface area contributed by atoms with Gasteiger partial charge in [-0.1, -0.05) is 34.5 Å². The number of piperidine rings is 1. The van der Waals surface area contributed by atoms with Gasteiger partial charge in [0.05, 0.1) is 12.2 Å². The second kappa shape index (κ2) is 7.96. The Balaban J connectivity index is 1.52. The summed E-state index contributed by atoms with van der Waals surface area (Å²) in [6, 6.07) is 5.66. The van der Waals surface area contributed by atoms with E-state index < -0.39 is 0 Å². The minimum atomic E-state index is -0.222. The topological polar surface area (TPSA) is 71.8 Å². The van der Waals surface area contributed by atoms with Gasteiger partial charge in [0.15, 0.2) is 5.69 Å². The summed E-state index contributed by atoms with van der Waals surface area (Å²) >= 11 is 12.0. The minimum Gasteiger partial charge on any atom is -0.350 e. The largest absolute Gasteiger partial charge is 0.350 e. The van der Waals surface area contributed by atoms with Crippen LogP contribution in [0.15, 0.2) is 24.4 Å². The number of carbonyl (C=O) groups excluding carboxylic acids is 1. The summed E-state index contributed by atoms with van der Waals surface area (Å²) < 4.78 is 1.80. The molecule has 0 saturated carbocycles. The molecular formula is C16H19Cl2N5O. The van der Waals surface area contributed by atoms with Crippen LogP contribution in [-0.2, 0) is 6.42 Å². The number of hydrogen-bond donors (Lipinski definition) is 2. The highest BCUT2D eigenvalue weighted by Crippen LogP contribution is 2.21. The number of aromatic nitrogens is 3. The van der Waals surface area contributed by atoms with Crippen molar-refractivity contribution < 1.29 is 4.79 Å². The van der Waals surface area contributed by atoms with Crippen molar-refractivity contribution in [1.82, 2.24) is 25.6 Å². The molecule has 2 aromatic rings. The maximum atomic E-state index is 12.2. The Hall–Kier alpha value is -1.63. The van der Waals surface area contributed by atoms with E-state index >= 15 is 0 Å². The molecule has 2 heterocycles. The molecule has 1 fully saturated rings. The van der Waals surface area contributed by atoms with Gasteiger partial charge in [-0.15, -0.1) is 5.10 Å². The van der Waals surface area contributed by atoms with Gasteiger partial charge in [0.1, 0.15) is 0 Å². The molecule has 1 aromatic heterocycles. The molecule has 1 amide bonds. The Morgan fingerprint density at radius 2 is 2.12 bits per heavy atom. The summed E-state index contributed by atoms with van der Waals surface area (Å²) in [6.07, 6.45) is 4.35. The van der Waals surface area contributed by atoms with Crippen LogP contribution < -0.4 is 10.6 Å². The van der Waals surface area contributed by atoms with E-state index in [9.17, 15) is 4.79 Å². The number of benzene rings is 1. The highest BCUT2D eigenvalue weighted by Gasteiger charge is 2.18. The van der Waals surface area contributed by atoms with Crippen molar-refractivity contribution in [3.63, 3.8) is 0 Å². The zero-order chi connectivity index (χ0) is 16.9. The standard InChI is InChI=1S/C16H19Cl2N5O/c17-12-2-1-11(14(18)9-12)3-8-20-16(24)15-10-23(22-21-15)13-4-6-19-7-5-13/h1-2,9-10,13,19H,3-8H2,(H,20,24). The lowest BCUT2D eigenvalue weighted by atomic mass is 10.1. The second-order valence-corrected chi connectivity index (χ2v) is 6.65. The predicted octanol–water partition coefficient (Wildman–Crippen LogP) is 2.48. The molecule has 1 aliphatic rings. The maximum Gasteiger partial charge on any atom is 0.273 e. The quantitative estimate of drug-likeness (QED) is 0.851. The number of amides is 1. The normalized spacial score (nSPS) is 15.4. The molecule has 1 aliphatic heterocycles. The maximum absolute atomic E-state index is 12.2. The summed E-state index contributed by atoms with van der Waals surface area (Å²) in [7, 11) is 0. The molecule has 0 bridgehead atoms. The van der Waals surface area contributed by atoms with Crippen LogP contribution >= 0.6 is 23.2 Å². The zero-order valence-corrected chi connectivity index (χ0v) is 14.6. The molecule has 24 heavy (non-hydrogen) atoms. The average molecular weight is 368 g/mol. The predicted molar refractivity (Wildman–Crippen MR) is 93.7 cm³/mol. The molecule has 1 saturated heterocycles. The van der Waals surface area contributed by atoms with Gasteiger partial charge in [-0.25, -0.2) is 4.68 Å². The first-order chi connectivity index (χ1) is 11.6. The third-order valence-corrected chi connectivity index (χ3v) is 4.71. The van der Waals surface area contributed by atoms with Crippen LogP contribution in [0.2, 0.25) is 10.0 Å². The van der Waals surface area contributed by atoms with Crippen molar-refractivity contribution in [1.29, 1.82) is 0 Å². The first kappa shape index (κ1) is 17.2. The van der Waals surface area contributed by atoms with Gasteiger partial charge in [-0.3, -0.25) is 4.79 Å². The molecule has 3 rings (SSSR count). The van der Waals surface area contributed by atoms with Crippen LogP contribution in [0.3, 0.4) is 0 Å². The van der Waals surface area contributed by atoms with Crippen LogP contribution in [-0.4, -0.2) is 40.5 Å². The highest BCUT2D eigenvalue weighted by molar-refractivity contribution is 6.35. The van der Waals surface area contributed by atoms with Crippen molar-refractivity contribution in [2.24, 2.45) is 0 Å². The molecule has 0 unspecified atom stereocenters. The molecule has 0 spiro atoms. The van der Waals surface area contributed by atoms with Crippen LogP contribution in [0.4, 0.5) is 0 Å². The number of hydrogen-bond acceptors (Lipinski definition) is 4. The Morgan fingerprint density at radius 1 is 1.33 bits per heavy atom. The van der Waals surface area contributed by atoms with Gasteiger partial charge < -0.3 is 10.6 Å². The summed E-state index contributed by atoms with van der Waals surface area (Å²) in [5, 5.41) is 15.4. The SMILES string of the molecule is O=C(NCCc1ccc(Cl)cc1Cl)c1cn(C2CCNCC2)nn1. The number of nitrogens with one attached hydrogen (secondary N) is 2. The van der Waals surface area contributed by atoms with Crippen LogP contribution in [0, 0.1) is 0 Å². The minimum absolute atomic E-state index is 0.222. The van der Waals surface area contributed by atoms with E-state index in [1.165, 1.54) is 0 Å². The zero-order valence-electron chi connectivity index (χ0n) is 13.1. The van der Waals surface area contributed by atoms with Gasteiger partial charge in [0.25, 0.3) is 5.91 Å². The van der Waals surface area contributed by atoms with Crippen molar-refractivity contribution in [2.45, 2.75) is 25.3 Å². The van der Waals surface area contributed by atoms with E-state index in [1.807, 2.05) is 6.07 Å². The fourth-order valence-corrected chi connectivity index (χ4v) is 3.26. The summed E-state index contributed by atoms with van der Waals surface area (Å²) in [4.78, 5) is 12.2. The van der Waals surface area contributed by atoms with Crippen LogP contribution in [0.25, 0.3) is 0 Å². The summed E-state index contributed by atoms with van der Waals surface area (Å²) in [6.45, 7) is 2.40. The molecule has 8 heteroatoms. The summed E-state index contributed by atoms with van der Waals surface area (Å²) in [5.74, 6) is -0.222. The molecule has 128 valence electrons. The van der Waals surface area contributed by atoms with Crippen molar-refractivity contribution in [3.8, 4) is 0 Å². The lowest BCUT2D eigenvalue weighted by molar-refractivity contribution is 0.0949. The fourth-order valence-electron chi connectivity index (χ4n) is 2.76. The monoisotopic (exact) mass is 367 g/mol. The van der Waals surface area contributed by atoms with Gasteiger partial charge >= 0.3 is 0 Å². The number of nitrogens with zero attached hydrogens (tertiary/aromatic N) is 3. The molecule has 0 radical (unpaired) electrons. The van der Waals surface area contributed by atoms with E-state index in [1.54, 1.807) is 23.0 Å². The van der Waals surface area contributed by atoms with Gasteiger partial charge in [0, 0.05) is 16.6 Å². The van der Waals surface area contributed by atoms with Gasteiger partial charge in [-0.2, -0.15) is 0 Å². The highest BCUT2D eigenvalue weighted by atomic mass is 35.5. The van der Waals surface area contributed by atoms with E-state index in [-0.39, 0.29) is 5.91 Å². The van der Waals surface area contributed by atoms with E-state index in [0.29, 0.717) is 34.7 Å². The fraction of sp³-hybridized carbons (Fsp3) is 0.438. The number of rotatable bonds is 5. The Labute approximate surface area is 150 Å². The molecule has 0 atom stereocenters. The Bertz CT molecular complexity index is 712.